The van der Waals surface area contributed by atoms with E-state index in [1.165, 1.54) is 0 Å². The molecule has 1 saturated heterocycles. The van der Waals surface area contributed by atoms with Crippen LogP contribution in [-0.2, 0) is 4.74 Å². The molecule has 2 heterocycles. The summed E-state index contributed by atoms with van der Waals surface area (Å²) in [6, 6.07) is 0.465. The summed E-state index contributed by atoms with van der Waals surface area (Å²) in [6.07, 6.45) is 1.88. The molecule has 0 amide bonds. The van der Waals surface area contributed by atoms with Crippen LogP contribution in [0.5, 0.6) is 0 Å². The lowest BCUT2D eigenvalue weighted by molar-refractivity contribution is 0.0848. The SMILES string of the molecule is COCC(CNCC(C)C)N1CCN(c2nccs2)CC1. The van der Waals surface area contributed by atoms with Gasteiger partial charge in [0.1, 0.15) is 0 Å². The number of hydrogen-bond acceptors (Lipinski definition) is 6. The molecule has 1 fully saturated rings. The van der Waals surface area contributed by atoms with Gasteiger partial charge < -0.3 is 15.0 Å². The first-order valence-electron chi connectivity index (χ1n) is 7.79. The van der Waals surface area contributed by atoms with Gasteiger partial charge in [-0.15, -0.1) is 11.3 Å². The van der Waals surface area contributed by atoms with E-state index in [2.05, 4.69) is 33.9 Å². The predicted octanol–water partition coefficient (Wildman–Crippen LogP) is 1.53. The van der Waals surface area contributed by atoms with Crippen molar-refractivity contribution in [3.63, 3.8) is 0 Å². The van der Waals surface area contributed by atoms with E-state index in [-0.39, 0.29) is 0 Å². The zero-order chi connectivity index (χ0) is 15.1. The fraction of sp³-hybridized carbons (Fsp3) is 0.800. The highest BCUT2D eigenvalue weighted by Gasteiger charge is 2.24. The average molecular weight is 312 g/mol. The van der Waals surface area contributed by atoms with Gasteiger partial charge in [-0.1, -0.05) is 13.8 Å². The van der Waals surface area contributed by atoms with Gasteiger partial charge in [-0.2, -0.15) is 0 Å². The van der Waals surface area contributed by atoms with Crippen molar-refractivity contribution >= 4 is 16.5 Å². The number of nitrogens with one attached hydrogen (secondary N) is 1. The Morgan fingerprint density at radius 3 is 2.62 bits per heavy atom. The monoisotopic (exact) mass is 312 g/mol. The molecule has 2 rings (SSSR count). The second kappa shape index (κ2) is 8.68. The summed E-state index contributed by atoms with van der Waals surface area (Å²) in [5.74, 6) is 0.690. The highest BCUT2D eigenvalue weighted by Crippen LogP contribution is 2.19. The Balaban J connectivity index is 1.79. The molecule has 1 aliphatic rings. The summed E-state index contributed by atoms with van der Waals surface area (Å²) in [5.41, 5.74) is 0. The van der Waals surface area contributed by atoms with E-state index in [9.17, 15) is 0 Å². The lowest BCUT2D eigenvalue weighted by Gasteiger charge is -2.39. The van der Waals surface area contributed by atoms with Crippen molar-refractivity contribution in [2.24, 2.45) is 5.92 Å². The third-order valence-corrected chi connectivity index (χ3v) is 4.64. The molecule has 21 heavy (non-hydrogen) atoms. The van der Waals surface area contributed by atoms with Gasteiger partial charge in [0.15, 0.2) is 5.13 Å². The Bertz CT molecular complexity index is 377. The van der Waals surface area contributed by atoms with Crippen molar-refractivity contribution in [2.75, 3.05) is 57.9 Å². The van der Waals surface area contributed by atoms with E-state index in [1.54, 1.807) is 18.4 Å². The fourth-order valence-corrected chi connectivity index (χ4v) is 3.37. The first kappa shape index (κ1) is 16.7. The maximum absolute atomic E-state index is 5.41. The molecule has 0 aromatic carbocycles. The summed E-state index contributed by atoms with van der Waals surface area (Å²) in [4.78, 5) is 9.33. The van der Waals surface area contributed by atoms with Gasteiger partial charge in [-0.05, 0) is 12.5 Å². The van der Waals surface area contributed by atoms with Crippen LogP contribution in [0, 0.1) is 5.92 Å². The first-order chi connectivity index (χ1) is 10.2. The molecule has 1 atom stereocenters. The van der Waals surface area contributed by atoms with Crippen LogP contribution >= 0.6 is 11.3 Å². The molecule has 0 aliphatic carbocycles. The molecule has 0 radical (unpaired) electrons. The number of rotatable bonds is 8. The first-order valence-corrected chi connectivity index (χ1v) is 8.66. The van der Waals surface area contributed by atoms with Crippen LogP contribution in [0.15, 0.2) is 11.6 Å². The van der Waals surface area contributed by atoms with Gasteiger partial charge in [-0.25, -0.2) is 4.98 Å². The van der Waals surface area contributed by atoms with Crippen molar-refractivity contribution in [2.45, 2.75) is 19.9 Å². The predicted molar refractivity (Wildman–Crippen MR) is 89.3 cm³/mol. The van der Waals surface area contributed by atoms with E-state index < -0.39 is 0 Å². The molecule has 1 N–H and O–H groups in total. The summed E-state index contributed by atoms with van der Waals surface area (Å²) < 4.78 is 5.41. The lowest BCUT2D eigenvalue weighted by atomic mass is 10.2. The maximum atomic E-state index is 5.41. The summed E-state index contributed by atoms with van der Waals surface area (Å²) >= 11 is 1.73. The number of aromatic nitrogens is 1. The summed E-state index contributed by atoms with van der Waals surface area (Å²) in [5, 5.41) is 6.76. The number of methoxy groups -OCH3 is 1. The minimum absolute atomic E-state index is 0.465. The molecular weight excluding hydrogens is 284 g/mol. The van der Waals surface area contributed by atoms with Crippen LogP contribution in [0.1, 0.15) is 13.8 Å². The smallest absolute Gasteiger partial charge is 0.185 e. The normalized spacial score (nSPS) is 18.4. The molecule has 1 unspecified atom stereocenters. The van der Waals surface area contributed by atoms with Crippen molar-refractivity contribution in [1.29, 1.82) is 0 Å². The summed E-state index contributed by atoms with van der Waals surface area (Å²) in [7, 11) is 1.79. The average Bonchev–Trinajstić information content (AvgIpc) is 3.00. The van der Waals surface area contributed by atoms with E-state index in [0.29, 0.717) is 12.0 Å². The van der Waals surface area contributed by atoms with E-state index in [4.69, 9.17) is 4.74 Å². The van der Waals surface area contributed by atoms with Crippen molar-refractivity contribution in [3.05, 3.63) is 11.6 Å². The van der Waals surface area contributed by atoms with Crippen LogP contribution in [0.25, 0.3) is 0 Å². The van der Waals surface area contributed by atoms with Crippen LogP contribution in [0.3, 0.4) is 0 Å². The van der Waals surface area contributed by atoms with Gasteiger partial charge in [0.05, 0.1) is 6.61 Å². The third kappa shape index (κ3) is 5.21. The van der Waals surface area contributed by atoms with Gasteiger partial charge in [-0.3, -0.25) is 4.90 Å². The van der Waals surface area contributed by atoms with Crippen LogP contribution in [-0.4, -0.2) is 68.9 Å². The second-order valence-electron chi connectivity index (χ2n) is 6.00. The highest BCUT2D eigenvalue weighted by molar-refractivity contribution is 7.13. The molecular formula is C15H28N4OS. The van der Waals surface area contributed by atoms with Crippen LogP contribution in [0.4, 0.5) is 5.13 Å². The number of hydrogen-bond donors (Lipinski definition) is 1. The lowest BCUT2D eigenvalue weighted by Crippen LogP contribution is -2.54. The number of nitrogens with zero attached hydrogens (tertiary/aromatic N) is 3. The van der Waals surface area contributed by atoms with Crippen molar-refractivity contribution in [1.82, 2.24) is 15.2 Å². The van der Waals surface area contributed by atoms with Crippen molar-refractivity contribution in [3.8, 4) is 0 Å². The minimum Gasteiger partial charge on any atom is -0.383 e. The molecule has 0 spiro atoms. The molecule has 1 aromatic heterocycles. The zero-order valence-corrected chi connectivity index (χ0v) is 14.2. The molecule has 120 valence electrons. The summed E-state index contributed by atoms with van der Waals surface area (Å²) in [6.45, 7) is 11.6. The Labute approximate surface area is 132 Å². The Kier molecular flexibility index (Phi) is 6.89. The molecule has 5 nitrogen and oxygen atoms in total. The standard InChI is InChI=1S/C15H28N4OS/c1-13(2)10-16-11-14(12-20-3)18-5-7-19(8-6-18)15-17-4-9-21-15/h4,9,13-14,16H,5-8,10-12H2,1-3H3. The quantitative estimate of drug-likeness (QED) is 0.788. The molecule has 1 aliphatic heterocycles. The highest BCUT2D eigenvalue weighted by atomic mass is 32.1. The van der Waals surface area contributed by atoms with Gasteiger partial charge in [0.25, 0.3) is 0 Å². The van der Waals surface area contributed by atoms with E-state index in [1.807, 2.05) is 11.6 Å². The fourth-order valence-electron chi connectivity index (χ4n) is 2.67. The molecule has 0 bridgehead atoms. The third-order valence-electron chi connectivity index (χ3n) is 3.81. The number of anilines is 1. The van der Waals surface area contributed by atoms with Gasteiger partial charge in [0, 0.05) is 57.5 Å². The number of thiazole rings is 1. The molecule has 1 aromatic rings. The Hall–Kier alpha value is -0.690. The molecule has 6 heteroatoms. The second-order valence-corrected chi connectivity index (χ2v) is 6.87. The largest absolute Gasteiger partial charge is 0.383 e. The van der Waals surface area contributed by atoms with Gasteiger partial charge in [0.2, 0.25) is 0 Å². The zero-order valence-electron chi connectivity index (χ0n) is 13.4. The van der Waals surface area contributed by atoms with Crippen molar-refractivity contribution < 1.29 is 4.74 Å². The topological polar surface area (TPSA) is 40.6 Å². The van der Waals surface area contributed by atoms with E-state index >= 15 is 0 Å². The van der Waals surface area contributed by atoms with Gasteiger partial charge >= 0.3 is 0 Å². The van der Waals surface area contributed by atoms with Crippen LogP contribution < -0.4 is 10.2 Å². The molecule has 0 saturated carbocycles. The maximum Gasteiger partial charge on any atom is 0.185 e. The van der Waals surface area contributed by atoms with E-state index in [0.717, 1.165) is 51.0 Å². The minimum atomic E-state index is 0.465. The number of piperazine rings is 1. The Morgan fingerprint density at radius 1 is 1.29 bits per heavy atom. The van der Waals surface area contributed by atoms with Crippen LogP contribution in [0.2, 0.25) is 0 Å². The number of ether oxygens (including phenoxy) is 1. The Morgan fingerprint density at radius 2 is 2.05 bits per heavy atom.